The van der Waals surface area contributed by atoms with Gasteiger partial charge in [0, 0.05) is 30.7 Å². The molecule has 0 unspecified atom stereocenters. The van der Waals surface area contributed by atoms with Gasteiger partial charge >= 0.3 is 6.18 Å². The van der Waals surface area contributed by atoms with Gasteiger partial charge in [-0.1, -0.05) is 0 Å². The Morgan fingerprint density at radius 3 is 2.31 bits per heavy atom. The summed E-state index contributed by atoms with van der Waals surface area (Å²) in [6, 6.07) is 3.02. The number of alkyl halides is 3. The highest BCUT2D eigenvalue weighted by Crippen LogP contribution is 2.37. The number of piperidine rings is 1. The number of rotatable bonds is 4. The molecule has 1 fully saturated rings. The molecule has 1 amide bonds. The topological polar surface area (TPSA) is 92.5 Å². The van der Waals surface area contributed by atoms with Gasteiger partial charge in [-0.3, -0.25) is 4.79 Å². The number of sulfonamides is 1. The molecule has 10 heteroatoms. The van der Waals surface area contributed by atoms with E-state index in [4.69, 9.17) is 5.14 Å². The molecule has 0 aliphatic carbocycles. The molecule has 1 aliphatic rings. The molecule has 26 heavy (non-hydrogen) atoms. The number of anilines is 1. The molecule has 0 saturated carbocycles. The number of benzene rings is 1. The Morgan fingerprint density at radius 2 is 1.85 bits per heavy atom. The normalized spacial score (nSPS) is 16.8. The summed E-state index contributed by atoms with van der Waals surface area (Å²) in [7, 11) is -4.49. The van der Waals surface area contributed by atoms with E-state index in [-0.39, 0.29) is 23.6 Å². The van der Waals surface area contributed by atoms with Crippen LogP contribution in [0.3, 0.4) is 0 Å². The fraction of sp³-hybridized carbons (Fsp3) is 0.562. The average Bonchev–Trinajstić information content (AvgIpc) is 2.52. The lowest BCUT2D eigenvalue weighted by atomic mass is 9.95. The first-order valence-corrected chi connectivity index (χ1v) is 9.73. The van der Waals surface area contributed by atoms with Crippen LogP contribution in [0.1, 0.15) is 32.3 Å². The lowest BCUT2D eigenvalue weighted by Gasteiger charge is -2.33. The predicted octanol–water partition coefficient (Wildman–Crippen LogP) is 2.09. The number of hydrogen-bond donors (Lipinski definition) is 2. The predicted molar refractivity (Wildman–Crippen MR) is 91.0 cm³/mol. The molecule has 1 aliphatic heterocycles. The SMILES string of the molecule is CC(C)NC(=O)C1CCN(c2ccc(S(N)(=O)=O)c(C(F)(F)F)c2)CC1. The van der Waals surface area contributed by atoms with Crippen molar-refractivity contribution in [2.24, 2.45) is 11.1 Å². The van der Waals surface area contributed by atoms with Crippen LogP contribution in [0.5, 0.6) is 0 Å². The van der Waals surface area contributed by atoms with Crippen molar-refractivity contribution in [2.75, 3.05) is 18.0 Å². The second kappa shape index (κ2) is 7.43. The summed E-state index contributed by atoms with van der Waals surface area (Å²) in [6.07, 6.45) is -3.82. The first-order chi connectivity index (χ1) is 11.9. The minimum Gasteiger partial charge on any atom is -0.371 e. The van der Waals surface area contributed by atoms with Crippen LogP contribution in [0.25, 0.3) is 0 Å². The number of nitrogens with one attached hydrogen (secondary N) is 1. The standard InChI is InChI=1S/C16H22F3N3O3S/c1-10(2)21-15(23)11-5-7-22(8-6-11)12-3-4-14(26(20,24)25)13(9-12)16(17,18)19/h3-4,9-11H,5-8H2,1-2H3,(H,21,23)(H2,20,24,25). The maximum atomic E-state index is 13.2. The van der Waals surface area contributed by atoms with Crippen LogP contribution in [0, 0.1) is 5.92 Å². The quantitative estimate of drug-likeness (QED) is 0.819. The van der Waals surface area contributed by atoms with Gasteiger partial charge in [-0.05, 0) is 44.9 Å². The van der Waals surface area contributed by atoms with E-state index in [1.165, 1.54) is 6.07 Å². The van der Waals surface area contributed by atoms with E-state index >= 15 is 0 Å². The summed E-state index contributed by atoms with van der Waals surface area (Å²) in [4.78, 5) is 12.8. The Bertz CT molecular complexity index is 771. The number of halogens is 3. The van der Waals surface area contributed by atoms with Crippen LogP contribution in [-0.2, 0) is 21.0 Å². The molecule has 0 radical (unpaired) electrons. The maximum absolute atomic E-state index is 13.2. The molecule has 0 bridgehead atoms. The number of hydrogen-bond acceptors (Lipinski definition) is 4. The molecular formula is C16H22F3N3O3S. The summed E-state index contributed by atoms with van der Waals surface area (Å²) < 4.78 is 62.5. The van der Waals surface area contributed by atoms with Crippen molar-refractivity contribution in [1.82, 2.24) is 5.32 Å². The molecule has 3 N–H and O–H groups in total. The van der Waals surface area contributed by atoms with Gasteiger partial charge in [0.1, 0.15) is 0 Å². The Morgan fingerprint density at radius 1 is 1.27 bits per heavy atom. The van der Waals surface area contributed by atoms with E-state index in [0.717, 1.165) is 12.1 Å². The second-order valence-corrected chi connectivity index (χ2v) is 8.18. The molecule has 2 rings (SSSR count). The molecule has 0 atom stereocenters. The lowest BCUT2D eigenvalue weighted by Crippen LogP contribution is -2.42. The van der Waals surface area contributed by atoms with Crippen LogP contribution in [-0.4, -0.2) is 33.5 Å². The zero-order valence-corrected chi connectivity index (χ0v) is 15.3. The first kappa shape index (κ1) is 20.5. The third-order valence-electron chi connectivity index (χ3n) is 4.24. The zero-order valence-electron chi connectivity index (χ0n) is 14.5. The molecular weight excluding hydrogens is 371 g/mol. The van der Waals surface area contributed by atoms with Gasteiger partial charge < -0.3 is 10.2 Å². The van der Waals surface area contributed by atoms with Gasteiger partial charge in [-0.25, -0.2) is 13.6 Å². The van der Waals surface area contributed by atoms with Gasteiger partial charge in [0.25, 0.3) is 0 Å². The van der Waals surface area contributed by atoms with Crippen molar-refractivity contribution in [3.8, 4) is 0 Å². The highest BCUT2D eigenvalue weighted by Gasteiger charge is 2.37. The van der Waals surface area contributed by atoms with Crippen molar-refractivity contribution in [3.05, 3.63) is 23.8 Å². The van der Waals surface area contributed by atoms with E-state index in [1.54, 1.807) is 4.90 Å². The van der Waals surface area contributed by atoms with E-state index < -0.39 is 26.7 Å². The third-order valence-corrected chi connectivity index (χ3v) is 5.21. The molecule has 146 valence electrons. The minimum atomic E-state index is -4.84. The number of nitrogens with two attached hydrogens (primary N) is 1. The highest BCUT2D eigenvalue weighted by molar-refractivity contribution is 7.89. The summed E-state index contributed by atoms with van der Waals surface area (Å²) in [5.74, 6) is -0.236. The number of carbonyl (C=O) groups excluding carboxylic acids is 1. The van der Waals surface area contributed by atoms with Crippen LogP contribution < -0.4 is 15.4 Å². The largest absolute Gasteiger partial charge is 0.417 e. The number of nitrogens with zero attached hydrogens (tertiary/aromatic N) is 1. The molecule has 1 saturated heterocycles. The summed E-state index contributed by atoms with van der Waals surface area (Å²) in [5, 5.41) is 7.72. The fourth-order valence-electron chi connectivity index (χ4n) is 2.99. The van der Waals surface area contributed by atoms with Crippen molar-refractivity contribution in [2.45, 2.75) is 43.8 Å². The molecule has 1 aromatic rings. The Balaban J connectivity index is 2.20. The van der Waals surface area contributed by atoms with Gasteiger partial charge in [0.05, 0.1) is 10.5 Å². The van der Waals surface area contributed by atoms with Crippen LogP contribution in [0.4, 0.5) is 18.9 Å². The molecule has 6 nitrogen and oxygen atoms in total. The van der Waals surface area contributed by atoms with Crippen LogP contribution >= 0.6 is 0 Å². The zero-order chi connectivity index (χ0) is 19.7. The second-order valence-electron chi connectivity index (χ2n) is 6.65. The first-order valence-electron chi connectivity index (χ1n) is 8.19. The third kappa shape index (κ3) is 4.88. The number of primary sulfonamides is 1. The molecule has 1 aromatic carbocycles. The van der Waals surface area contributed by atoms with Gasteiger partial charge in [-0.2, -0.15) is 13.2 Å². The summed E-state index contributed by atoms with van der Waals surface area (Å²) in [6.45, 7) is 4.53. The smallest absolute Gasteiger partial charge is 0.371 e. The Hall–Kier alpha value is -1.81. The molecule has 1 heterocycles. The summed E-state index contributed by atoms with van der Waals surface area (Å²) >= 11 is 0. The van der Waals surface area contributed by atoms with E-state index in [1.807, 2.05) is 13.8 Å². The highest BCUT2D eigenvalue weighted by atomic mass is 32.2. The maximum Gasteiger partial charge on any atom is 0.417 e. The monoisotopic (exact) mass is 393 g/mol. The van der Waals surface area contributed by atoms with E-state index in [2.05, 4.69) is 5.32 Å². The van der Waals surface area contributed by atoms with E-state index in [0.29, 0.717) is 25.9 Å². The number of carbonyl (C=O) groups is 1. The van der Waals surface area contributed by atoms with Gasteiger partial charge in [0.15, 0.2) is 0 Å². The van der Waals surface area contributed by atoms with Gasteiger partial charge in [-0.15, -0.1) is 0 Å². The lowest BCUT2D eigenvalue weighted by molar-refractivity contribution is -0.139. The van der Waals surface area contributed by atoms with Gasteiger partial charge in [0.2, 0.25) is 15.9 Å². The molecule has 0 spiro atoms. The minimum absolute atomic E-state index is 0.0284. The fourth-order valence-corrected chi connectivity index (χ4v) is 3.73. The van der Waals surface area contributed by atoms with Crippen molar-refractivity contribution in [3.63, 3.8) is 0 Å². The van der Waals surface area contributed by atoms with Crippen molar-refractivity contribution < 1.29 is 26.4 Å². The summed E-state index contributed by atoms with van der Waals surface area (Å²) in [5.41, 5.74) is -1.02. The van der Waals surface area contributed by atoms with Crippen LogP contribution in [0.2, 0.25) is 0 Å². The van der Waals surface area contributed by atoms with E-state index in [9.17, 15) is 26.4 Å². The Labute approximate surface area is 150 Å². The average molecular weight is 393 g/mol. The Kier molecular flexibility index (Phi) is 5.86. The van der Waals surface area contributed by atoms with Crippen LogP contribution in [0.15, 0.2) is 23.1 Å². The van der Waals surface area contributed by atoms with Crippen molar-refractivity contribution in [1.29, 1.82) is 0 Å². The van der Waals surface area contributed by atoms with Crippen molar-refractivity contribution >= 4 is 21.6 Å². The number of amides is 1. The molecule has 0 aromatic heterocycles.